The highest BCUT2D eigenvalue weighted by Crippen LogP contribution is 2.29. The van der Waals surface area contributed by atoms with Gasteiger partial charge < -0.3 is 9.15 Å². The van der Waals surface area contributed by atoms with Gasteiger partial charge in [0, 0.05) is 5.39 Å². The molecule has 0 saturated carbocycles. The van der Waals surface area contributed by atoms with Gasteiger partial charge in [-0.3, -0.25) is 5.32 Å². The van der Waals surface area contributed by atoms with Crippen LogP contribution in [0.2, 0.25) is 0 Å². The lowest BCUT2D eigenvalue weighted by Crippen LogP contribution is -2.10. The fourth-order valence-electron chi connectivity index (χ4n) is 3.96. The molecule has 166 valence electrons. The summed E-state index contributed by atoms with van der Waals surface area (Å²) in [6.45, 7) is 8.15. The zero-order valence-electron chi connectivity index (χ0n) is 18.8. The lowest BCUT2D eigenvalue weighted by Gasteiger charge is -2.12. The number of ether oxygens (including phenoxy) is 1. The summed E-state index contributed by atoms with van der Waals surface area (Å²) < 4.78 is 12.6. The SMILES string of the molecule is CCOC(=O)c1cnn(-c2cc(C)c3cc(C)cc(C)c3n2)c1Nc1nc2ccccc2o1. The number of pyridine rings is 1. The quantitative estimate of drug-likeness (QED) is 0.365. The Kier molecular flexibility index (Phi) is 5.05. The molecule has 0 spiro atoms. The van der Waals surface area contributed by atoms with E-state index < -0.39 is 5.97 Å². The number of hydrogen-bond acceptors (Lipinski definition) is 7. The van der Waals surface area contributed by atoms with Crippen LogP contribution in [-0.2, 0) is 4.74 Å². The normalized spacial score (nSPS) is 11.3. The number of carbonyl (C=O) groups excluding carboxylic acids is 1. The van der Waals surface area contributed by atoms with Gasteiger partial charge in [-0.05, 0) is 63.1 Å². The topological polar surface area (TPSA) is 95.1 Å². The minimum atomic E-state index is -0.494. The molecule has 0 aliphatic carbocycles. The third kappa shape index (κ3) is 3.69. The Balaban J connectivity index is 1.67. The molecule has 8 nitrogen and oxygen atoms in total. The molecule has 0 fully saturated rings. The lowest BCUT2D eigenvalue weighted by atomic mass is 10.0. The van der Waals surface area contributed by atoms with E-state index in [2.05, 4.69) is 34.5 Å². The van der Waals surface area contributed by atoms with Crippen LogP contribution in [0.25, 0.3) is 27.8 Å². The summed E-state index contributed by atoms with van der Waals surface area (Å²) in [6.07, 6.45) is 1.46. The van der Waals surface area contributed by atoms with Crippen LogP contribution in [-0.4, -0.2) is 32.3 Å². The molecular formula is C25H23N5O3. The van der Waals surface area contributed by atoms with Crippen LogP contribution in [0, 0.1) is 20.8 Å². The van der Waals surface area contributed by atoms with Crippen molar-refractivity contribution in [1.29, 1.82) is 0 Å². The number of esters is 1. The minimum absolute atomic E-state index is 0.243. The smallest absolute Gasteiger partial charge is 0.343 e. The van der Waals surface area contributed by atoms with Gasteiger partial charge in [0.05, 0.1) is 18.3 Å². The molecule has 0 unspecified atom stereocenters. The van der Waals surface area contributed by atoms with E-state index in [1.165, 1.54) is 11.8 Å². The van der Waals surface area contributed by atoms with Crippen molar-refractivity contribution in [2.24, 2.45) is 0 Å². The maximum atomic E-state index is 12.7. The van der Waals surface area contributed by atoms with E-state index in [0.29, 0.717) is 22.7 Å². The molecule has 2 aromatic carbocycles. The number of oxazole rings is 1. The highest BCUT2D eigenvalue weighted by molar-refractivity contribution is 5.96. The second kappa shape index (κ2) is 8.05. The van der Waals surface area contributed by atoms with Crippen molar-refractivity contribution in [2.45, 2.75) is 27.7 Å². The van der Waals surface area contributed by atoms with Gasteiger partial charge in [0.1, 0.15) is 11.1 Å². The summed E-state index contributed by atoms with van der Waals surface area (Å²) >= 11 is 0. The van der Waals surface area contributed by atoms with Crippen molar-refractivity contribution < 1.29 is 13.9 Å². The summed E-state index contributed by atoms with van der Waals surface area (Å²) in [5.74, 6) is 0.448. The average molecular weight is 441 g/mol. The molecule has 1 N–H and O–H groups in total. The van der Waals surface area contributed by atoms with Crippen molar-refractivity contribution in [3.8, 4) is 5.82 Å². The van der Waals surface area contributed by atoms with E-state index in [1.807, 2.05) is 44.2 Å². The molecular weight excluding hydrogens is 418 g/mol. The van der Waals surface area contributed by atoms with Crippen LogP contribution < -0.4 is 5.32 Å². The van der Waals surface area contributed by atoms with E-state index in [1.54, 1.807) is 11.6 Å². The predicted octanol–water partition coefficient (Wildman–Crippen LogP) is 5.41. The number of rotatable bonds is 5. The van der Waals surface area contributed by atoms with Gasteiger partial charge in [-0.2, -0.15) is 14.8 Å². The van der Waals surface area contributed by atoms with Crippen molar-refractivity contribution in [3.05, 3.63) is 70.9 Å². The first-order valence-corrected chi connectivity index (χ1v) is 10.7. The number of para-hydroxylation sites is 2. The third-order valence-electron chi connectivity index (χ3n) is 5.44. The highest BCUT2D eigenvalue weighted by Gasteiger charge is 2.23. The van der Waals surface area contributed by atoms with E-state index in [0.717, 1.165) is 22.0 Å². The Hall–Kier alpha value is -4.20. The Bertz CT molecular complexity index is 1480. The maximum absolute atomic E-state index is 12.7. The number of anilines is 2. The fourth-order valence-corrected chi connectivity index (χ4v) is 3.96. The van der Waals surface area contributed by atoms with Gasteiger partial charge in [-0.1, -0.05) is 23.8 Å². The second-order valence-corrected chi connectivity index (χ2v) is 7.93. The van der Waals surface area contributed by atoms with Crippen molar-refractivity contribution >= 4 is 39.8 Å². The van der Waals surface area contributed by atoms with Gasteiger partial charge in [0.2, 0.25) is 0 Å². The monoisotopic (exact) mass is 441 g/mol. The molecule has 33 heavy (non-hydrogen) atoms. The number of nitrogens with one attached hydrogen (secondary N) is 1. The van der Waals surface area contributed by atoms with Gasteiger partial charge in [0.25, 0.3) is 0 Å². The molecule has 0 aliphatic rings. The van der Waals surface area contributed by atoms with Crippen LogP contribution in [0.4, 0.5) is 11.8 Å². The predicted molar refractivity (Wildman–Crippen MR) is 126 cm³/mol. The highest BCUT2D eigenvalue weighted by atomic mass is 16.5. The molecule has 3 aromatic heterocycles. The van der Waals surface area contributed by atoms with Crippen molar-refractivity contribution in [2.75, 3.05) is 11.9 Å². The standard InChI is InChI=1S/C25H23N5O3/c1-5-32-24(31)18-13-26-30(23(18)29-25-27-19-8-6-7-9-20(19)33-25)21-12-15(3)17-11-14(2)10-16(4)22(17)28-21/h6-13H,5H2,1-4H3,(H,27,29). The van der Waals surface area contributed by atoms with Crippen molar-refractivity contribution in [3.63, 3.8) is 0 Å². The Morgan fingerprint density at radius 2 is 1.91 bits per heavy atom. The molecule has 0 amide bonds. The molecule has 0 atom stereocenters. The summed E-state index contributed by atoms with van der Waals surface area (Å²) in [5, 5.41) is 8.66. The summed E-state index contributed by atoms with van der Waals surface area (Å²) in [7, 11) is 0. The average Bonchev–Trinajstić information content (AvgIpc) is 3.38. The molecule has 8 heteroatoms. The number of aryl methyl sites for hydroxylation is 3. The Morgan fingerprint density at radius 3 is 2.70 bits per heavy atom. The van der Waals surface area contributed by atoms with Gasteiger partial charge in [-0.25, -0.2) is 9.78 Å². The molecule has 5 rings (SSSR count). The molecule has 0 radical (unpaired) electrons. The second-order valence-electron chi connectivity index (χ2n) is 7.93. The van der Waals surface area contributed by atoms with E-state index in [4.69, 9.17) is 14.1 Å². The van der Waals surface area contributed by atoms with Crippen LogP contribution in [0.3, 0.4) is 0 Å². The molecule has 3 heterocycles. The zero-order chi connectivity index (χ0) is 23.1. The number of benzene rings is 2. The first-order valence-electron chi connectivity index (χ1n) is 10.7. The summed E-state index contributed by atoms with van der Waals surface area (Å²) in [5.41, 5.74) is 5.79. The van der Waals surface area contributed by atoms with Gasteiger partial charge >= 0.3 is 12.0 Å². The number of nitrogens with zero attached hydrogens (tertiary/aromatic N) is 4. The molecule has 0 aliphatic heterocycles. The van der Waals surface area contributed by atoms with Gasteiger partial charge in [0.15, 0.2) is 17.2 Å². The fraction of sp³-hybridized carbons (Fsp3) is 0.200. The van der Waals surface area contributed by atoms with E-state index in [-0.39, 0.29) is 18.2 Å². The molecule has 0 saturated heterocycles. The summed E-state index contributed by atoms with van der Waals surface area (Å²) in [6, 6.07) is 13.9. The van der Waals surface area contributed by atoms with E-state index >= 15 is 0 Å². The van der Waals surface area contributed by atoms with Crippen LogP contribution in [0.5, 0.6) is 0 Å². The third-order valence-corrected chi connectivity index (χ3v) is 5.44. The zero-order valence-corrected chi connectivity index (χ0v) is 18.8. The first-order chi connectivity index (χ1) is 15.9. The number of carbonyl (C=O) groups is 1. The van der Waals surface area contributed by atoms with Gasteiger partial charge in [-0.15, -0.1) is 0 Å². The maximum Gasteiger partial charge on any atom is 0.343 e. The largest absolute Gasteiger partial charge is 0.462 e. The lowest BCUT2D eigenvalue weighted by molar-refractivity contribution is 0.0527. The van der Waals surface area contributed by atoms with Crippen LogP contribution >= 0.6 is 0 Å². The Morgan fingerprint density at radius 1 is 1.09 bits per heavy atom. The first kappa shape index (κ1) is 20.7. The van der Waals surface area contributed by atoms with Crippen LogP contribution in [0.15, 0.2) is 53.1 Å². The number of fused-ring (bicyclic) bond motifs is 2. The number of hydrogen-bond donors (Lipinski definition) is 1. The minimum Gasteiger partial charge on any atom is -0.462 e. The number of aromatic nitrogens is 4. The molecule has 0 bridgehead atoms. The molecule has 5 aromatic rings. The van der Waals surface area contributed by atoms with E-state index in [9.17, 15) is 4.79 Å². The van der Waals surface area contributed by atoms with Crippen LogP contribution in [0.1, 0.15) is 34.0 Å². The summed E-state index contributed by atoms with van der Waals surface area (Å²) in [4.78, 5) is 22.0. The van der Waals surface area contributed by atoms with Crippen molar-refractivity contribution in [1.82, 2.24) is 19.7 Å². The Labute approximate surface area is 190 Å².